The van der Waals surface area contributed by atoms with Gasteiger partial charge in [0.05, 0.1) is 17.8 Å². The molecule has 1 aromatic rings. The predicted octanol–water partition coefficient (Wildman–Crippen LogP) is 3.95. The van der Waals surface area contributed by atoms with Crippen LogP contribution in [0.4, 0.5) is 18.9 Å². The van der Waals surface area contributed by atoms with E-state index in [0.717, 1.165) is 18.6 Å². The van der Waals surface area contributed by atoms with Gasteiger partial charge in [0.1, 0.15) is 0 Å². The number of alkyl halides is 3. The molecule has 23 heavy (non-hydrogen) atoms. The van der Waals surface area contributed by atoms with Crippen LogP contribution >= 0.6 is 11.6 Å². The van der Waals surface area contributed by atoms with Crippen LogP contribution < -0.4 is 5.32 Å². The minimum Gasteiger partial charge on any atom is -0.334 e. The summed E-state index contributed by atoms with van der Waals surface area (Å²) in [5.41, 5.74) is -1.41. The first-order chi connectivity index (χ1) is 10.6. The van der Waals surface area contributed by atoms with E-state index in [9.17, 15) is 22.8 Å². The lowest BCUT2D eigenvalue weighted by Crippen LogP contribution is -2.37. The van der Waals surface area contributed by atoms with Crippen LogP contribution in [0.5, 0.6) is 0 Å². The molecular weight excluding hydrogens is 333 g/mol. The number of anilines is 1. The Morgan fingerprint density at radius 1 is 1.30 bits per heavy atom. The van der Waals surface area contributed by atoms with Gasteiger partial charge in [-0.1, -0.05) is 24.9 Å². The largest absolute Gasteiger partial charge is 0.418 e. The Kier molecular flexibility index (Phi) is 6.87. The van der Waals surface area contributed by atoms with Gasteiger partial charge < -0.3 is 10.2 Å². The summed E-state index contributed by atoms with van der Waals surface area (Å²) in [6.45, 7) is 3.33. The highest BCUT2D eigenvalue weighted by Gasteiger charge is 2.34. The number of carbonyl (C=O) groups excluding carboxylic acids is 2. The third kappa shape index (κ3) is 6.09. The number of rotatable bonds is 6. The van der Waals surface area contributed by atoms with Crippen molar-refractivity contribution in [2.24, 2.45) is 0 Å². The lowest BCUT2D eigenvalue weighted by atomic mass is 10.1. The smallest absolute Gasteiger partial charge is 0.334 e. The zero-order valence-corrected chi connectivity index (χ0v) is 13.6. The summed E-state index contributed by atoms with van der Waals surface area (Å²) < 4.78 is 38.9. The fourth-order valence-corrected chi connectivity index (χ4v) is 2.09. The van der Waals surface area contributed by atoms with Gasteiger partial charge in [0.2, 0.25) is 11.8 Å². The summed E-state index contributed by atoms with van der Waals surface area (Å²) in [5.74, 6) is -0.995. The second-order valence-electron chi connectivity index (χ2n) is 5.03. The maximum Gasteiger partial charge on any atom is 0.418 e. The van der Waals surface area contributed by atoms with Crippen LogP contribution in [-0.4, -0.2) is 29.8 Å². The molecule has 0 atom stereocenters. The van der Waals surface area contributed by atoms with Gasteiger partial charge in [0.25, 0.3) is 0 Å². The first-order valence-corrected chi connectivity index (χ1v) is 7.45. The van der Waals surface area contributed by atoms with Crippen molar-refractivity contribution in [3.63, 3.8) is 0 Å². The Hall–Kier alpha value is -1.76. The van der Waals surface area contributed by atoms with E-state index in [0.29, 0.717) is 13.0 Å². The monoisotopic (exact) mass is 350 g/mol. The average molecular weight is 351 g/mol. The van der Waals surface area contributed by atoms with E-state index in [1.807, 2.05) is 6.92 Å². The number of nitrogens with one attached hydrogen (secondary N) is 1. The van der Waals surface area contributed by atoms with Crippen LogP contribution in [0.3, 0.4) is 0 Å². The van der Waals surface area contributed by atoms with Gasteiger partial charge in [-0.15, -0.1) is 0 Å². The first-order valence-electron chi connectivity index (χ1n) is 7.07. The Bertz CT molecular complexity index is 576. The fourth-order valence-electron chi connectivity index (χ4n) is 1.92. The summed E-state index contributed by atoms with van der Waals surface area (Å²) in [5, 5.41) is 2.11. The molecule has 2 amide bonds. The average Bonchev–Trinajstić information content (AvgIpc) is 2.44. The molecule has 0 heterocycles. The molecule has 0 radical (unpaired) electrons. The molecule has 1 aromatic carbocycles. The van der Waals surface area contributed by atoms with Crippen LogP contribution in [-0.2, 0) is 15.8 Å². The van der Waals surface area contributed by atoms with Gasteiger partial charge in [0.15, 0.2) is 0 Å². The molecule has 0 spiro atoms. The topological polar surface area (TPSA) is 49.4 Å². The maximum absolute atomic E-state index is 13.0. The van der Waals surface area contributed by atoms with Crippen molar-refractivity contribution in [2.45, 2.75) is 32.9 Å². The molecule has 0 unspecified atom stereocenters. The molecule has 0 bridgehead atoms. The molecule has 8 heteroatoms. The van der Waals surface area contributed by atoms with E-state index in [1.54, 1.807) is 0 Å². The van der Waals surface area contributed by atoms with E-state index in [2.05, 4.69) is 5.32 Å². The number of hydrogen-bond acceptors (Lipinski definition) is 2. The molecule has 128 valence electrons. The van der Waals surface area contributed by atoms with Gasteiger partial charge in [-0.25, -0.2) is 0 Å². The first kappa shape index (κ1) is 19.3. The molecule has 0 saturated carbocycles. The highest BCUT2D eigenvalue weighted by molar-refractivity contribution is 6.30. The molecule has 1 N–H and O–H groups in total. The number of amides is 2. The zero-order chi connectivity index (χ0) is 17.6. The van der Waals surface area contributed by atoms with Crippen LogP contribution in [0.15, 0.2) is 18.2 Å². The molecule has 0 fully saturated rings. The van der Waals surface area contributed by atoms with E-state index < -0.39 is 17.6 Å². The van der Waals surface area contributed by atoms with Crippen LogP contribution in [0.2, 0.25) is 5.02 Å². The van der Waals surface area contributed by atoms with Crippen molar-refractivity contribution in [3.05, 3.63) is 28.8 Å². The standard InChI is InChI=1S/C15H18ClF3N2O2/c1-3-4-7-21(10(2)22)9-14(23)20-13-6-5-11(16)8-12(13)15(17,18)19/h5-6,8H,3-4,7,9H2,1-2H3,(H,20,23). The minimum atomic E-state index is -4.64. The fraction of sp³-hybridized carbons (Fsp3) is 0.467. The Morgan fingerprint density at radius 2 is 1.96 bits per heavy atom. The maximum atomic E-state index is 13.0. The van der Waals surface area contributed by atoms with Gasteiger partial charge in [-0.2, -0.15) is 13.2 Å². The SMILES string of the molecule is CCCCN(CC(=O)Nc1ccc(Cl)cc1C(F)(F)F)C(C)=O. The summed E-state index contributed by atoms with van der Waals surface area (Å²) >= 11 is 5.58. The number of hydrogen-bond donors (Lipinski definition) is 1. The summed E-state index contributed by atoms with van der Waals surface area (Å²) in [6, 6.07) is 3.09. The number of unbranched alkanes of at least 4 members (excludes halogenated alkanes) is 1. The minimum absolute atomic E-state index is 0.0800. The second kappa shape index (κ2) is 8.19. The molecule has 1 rings (SSSR count). The van der Waals surface area contributed by atoms with Gasteiger partial charge >= 0.3 is 6.18 Å². The van der Waals surface area contributed by atoms with Gasteiger partial charge in [0, 0.05) is 18.5 Å². The van der Waals surface area contributed by atoms with Crippen molar-refractivity contribution >= 4 is 29.1 Å². The highest BCUT2D eigenvalue weighted by atomic mass is 35.5. The summed E-state index contributed by atoms with van der Waals surface area (Å²) in [7, 11) is 0. The van der Waals surface area contributed by atoms with Gasteiger partial charge in [-0.05, 0) is 24.6 Å². The Labute approximate surface area is 137 Å². The third-order valence-electron chi connectivity index (χ3n) is 3.12. The normalized spacial score (nSPS) is 11.2. The van der Waals surface area contributed by atoms with Crippen molar-refractivity contribution in [1.29, 1.82) is 0 Å². The van der Waals surface area contributed by atoms with Crippen molar-refractivity contribution in [3.8, 4) is 0 Å². The van der Waals surface area contributed by atoms with Crippen molar-refractivity contribution in [1.82, 2.24) is 4.90 Å². The number of carbonyl (C=O) groups is 2. The number of benzene rings is 1. The van der Waals surface area contributed by atoms with E-state index in [-0.39, 0.29) is 23.2 Å². The molecule has 0 aliphatic rings. The van der Waals surface area contributed by atoms with E-state index in [4.69, 9.17) is 11.6 Å². The predicted molar refractivity (Wildman–Crippen MR) is 82.2 cm³/mol. The lowest BCUT2D eigenvalue weighted by Gasteiger charge is -2.21. The summed E-state index contributed by atoms with van der Waals surface area (Å²) in [4.78, 5) is 24.7. The zero-order valence-electron chi connectivity index (χ0n) is 12.8. The Balaban J connectivity index is 2.87. The van der Waals surface area contributed by atoms with Crippen molar-refractivity contribution in [2.75, 3.05) is 18.4 Å². The van der Waals surface area contributed by atoms with Crippen LogP contribution in [0, 0.1) is 0 Å². The second-order valence-corrected chi connectivity index (χ2v) is 5.47. The lowest BCUT2D eigenvalue weighted by molar-refractivity contribution is -0.137. The molecule has 0 aliphatic heterocycles. The highest BCUT2D eigenvalue weighted by Crippen LogP contribution is 2.36. The molecule has 0 saturated heterocycles. The van der Waals surface area contributed by atoms with E-state index in [1.165, 1.54) is 17.9 Å². The van der Waals surface area contributed by atoms with Gasteiger partial charge in [-0.3, -0.25) is 9.59 Å². The summed E-state index contributed by atoms with van der Waals surface area (Å²) in [6.07, 6.45) is -3.10. The quantitative estimate of drug-likeness (QED) is 0.844. The third-order valence-corrected chi connectivity index (χ3v) is 3.36. The molecule has 0 aromatic heterocycles. The number of halogens is 4. The number of nitrogens with zero attached hydrogens (tertiary/aromatic N) is 1. The van der Waals surface area contributed by atoms with Crippen LogP contribution in [0.25, 0.3) is 0 Å². The van der Waals surface area contributed by atoms with Crippen molar-refractivity contribution < 1.29 is 22.8 Å². The molecule has 0 aliphatic carbocycles. The van der Waals surface area contributed by atoms with E-state index >= 15 is 0 Å². The molecule has 4 nitrogen and oxygen atoms in total. The Morgan fingerprint density at radius 3 is 2.48 bits per heavy atom. The van der Waals surface area contributed by atoms with Crippen LogP contribution in [0.1, 0.15) is 32.3 Å². The molecular formula is C15H18ClF3N2O2.